The van der Waals surface area contributed by atoms with E-state index in [0.29, 0.717) is 11.3 Å². The van der Waals surface area contributed by atoms with Crippen LogP contribution in [0.25, 0.3) is 0 Å². The minimum Gasteiger partial charge on any atom is -0.487 e. The van der Waals surface area contributed by atoms with E-state index < -0.39 is 6.10 Å². The molecule has 2 atom stereocenters. The largest absolute Gasteiger partial charge is 0.487 e. The quantitative estimate of drug-likeness (QED) is 0.873. The molecule has 0 amide bonds. The van der Waals surface area contributed by atoms with Crippen LogP contribution in [-0.2, 0) is 0 Å². The molecule has 17 heavy (non-hydrogen) atoms. The third-order valence-corrected chi connectivity index (χ3v) is 3.54. The minimum absolute atomic E-state index is 0.187. The van der Waals surface area contributed by atoms with Gasteiger partial charge in [0, 0.05) is 4.47 Å². The Kier molecular flexibility index (Phi) is 3.84. The first kappa shape index (κ1) is 12.6. The Balaban J connectivity index is 2.28. The van der Waals surface area contributed by atoms with Gasteiger partial charge in [-0.25, -0.2) is 0 Å². The second kappa shape index (κ2) is 5.19. The number of benzene rings is 1. The van der Waals surface area contributed by atoms with E-state index in [0.717, 1.165) is 35.6 Å². The van der Waals surface area contributed by atoms with Gasteiger partial charge in [-0.1, -0.05) is 15.9 Å². The zero-order chi connectivity index (χ0) is 12.4. The number of aryl methyl sites for hydroxylation is 1. The summed E-state index contributed by atoms with van der Waals surface area (Å²) in [6.45, 7) is 1.90. The number of carbonyl (C=O) groups excluding carboxylic acids is 1. The van der Waals surface area contributed by atoms with Gasteiger partial charge in [0.05, 0.1) is 11.7 Å². The van der Waals surface area contributed by atoms with Crippen LogP contribution in [0, 0.1) is 6.92 Å². The third-order valence-electron chi connectivity index (χ3n) is 3.08. The molecule has 0 aliphatic heterocycles. The van der Waals surface area contributed by atoms with Crippen LogP contribution in [0.5, 0.6) is 5.75 Å². The summed E-state index contributed by atoms with van der Waals surface area (Å²) < 4.78 is 6.65. The average molecular weight is 299 g/mol. The Labute approximate surface area is 109 Å². The molecule has 0 bridgehead atoms. The lowest BCUT2D eigenvalue weighted by atomic mass is 10.1. The van der Waals surface area contributed by atoms with Crippen LogP contribution in [0.3, 0.4) is 0 Å². The van der Waals surface area contributed by atoms with Gasteiger partial charge in [0.2, 0.25) is 0 Å². The summed E-state index contributed by atoms with van der Waals surface area (Å²) in [6, 6.07) is 3.64. The van der Waals surface area contributed by atoms with Crippen LogP contribution in [-0.4, -0.2) is 23.6 Å². The lowest BCUT2D eigenvalue weighted by Gasteiger charge is -2.20. The molecule has 2 rings (SSSR count). The van der Waals surface area contributed by atoms with E-state index in [2.05, 4.69) is 15.9 Å². The molecule has 92 valence electrons. The van der Waals surface area contributed by atoms with Gasteiger partial charge in [0.25, 0.3) is 0 Å². The van der Waals surface area contributed by atoms with E-state index in [1.807, 2.05) is 13.0 Å². The summed E-state index contributed by atoms with van der Waals surface area (Å²) in [5.74, 6) is 0.592. The second-order valence-corrected chi connectivity index (χ2v) is 5.33. The first-order valence-corrected chi connectivity index (χ1v) is 6.51. The smallest absolute Gasteiger partial charge is 0.153 e. The fourth-order valence-electron chi connectivity index (χ4n) is 2.20. The van der Waals surface area contributed by atoms with Crippen LogP contribution < -0.4 is 4.74 Å². The number of hydrogen-bond acceptors (Lipinski definition) is 3. The Hall–Kier alpha value is -0.870. The van der Waals surface area contributed by atoms with Gasteiger partial charge in [-0.2, -0.15) is 0 Å². The standard InChI is InChI=1S/C13H15BrO3/c1-8-5-10(14)6-9(7-15)13(8)17-12-4-2-3-11(12)16/h5-7,11-12,16H,2-4H2,1H3. The third kappa shape index (κ3) is 2.69. The van der Waals surface area contributed by atoms with Crippen molar-refractivity contribution in [1.82, 2.24) is 0 Å². The van der Waals surface area contributed by atoms with Crippen molar-refractivity contribution in [2.45, 2.75) is 38.4 Å². The van der Waals surface area contributed by atoms with Crippen molar-refractivity contribution >= 4 is 22.2 Å². The van der Waals surface area contributed by atoms with E-state index in [-0.39, 0.29) is 6.10 Å². The zero-order valence-corrected chi connectivity index (χ0v) is 11.2. The topological polar surface area (TPSA) is 46.5 Å². The number of ether oxygens (including phenoxy) is 1. The number of rotatable bonds is 3. The number of aliphatic hydroxyl groups excluding tert-OH is 1. The van der Waals surface area contributed by atoms with Gasteiger partial charge < -0.3 is 9.84 Å². The maximum atomic E-state index is 11.0. The summed E-state index contributed by atoms with van der Waals surface area (Å²) in [6.07, 6.45) is 2.77. The van der Waals surface area contributed by atoms with Gasteiger partial charge in [-0.15, -0.1) is 0 Å². The van der Waals surface area contributed by atoms with E-state index in [4.69, 9.17) is 4.74 Å². The predicted molar refractivity (Wildman–Crippen MR) is 68.5 cm³/mol. The van der Waals surface area contributed by atoms with Gasteiger partial charge in [0.15, 0.2) is 6.29 Å². The summed E-state index contributed by atoms with van der Waals surface area (Å²) in [4.78, 5) is 11.0. The molecule has 4 heteroatoms. The average Bonchev–Trinajstić information content (AvgIpc) is 2.68. The maximum absolute atomic E-state index is 11.0. The summed E-state index contributed by atoms with van der Waals surface area (Å²) in [5.41, 5.74) is 1.43. The maximum Gasteiger partial charge on any atom is 0.153 e. The van der Waals surface area contributed by atoms with E-state index in [1.165, 1.54) is 0 Å². The van der Waals surface area contributed by atoms with Crippen LogP contribution in [0.15, 0.2) is 16.6 Å². The van der Waals surface area contributed by atoms with Crippen LogP contribution >= 0.6 is 15.9 Å². The van der Waals surface area contributed by atoms with Crippen LogP contribution in [0.2, 0.25) is 0 Å². The highest BCUT2D eigenvalue weighted by Gasteiger charge is 2.28. The van der Waals surface area contributed by atoms with Gasteiger partial charge in [-0.3, -0.25) is 4.79 Å². The van der Waals surface area contributed by atoms with Crippen molar-refractivity contribution in [3.05, 3.63) is 27.7 Å². The highest BCUT2D eigenvalue weighted by atomic mass is 79.9. The molecule has 0 heterocycles. The molecule has 3 nitrogen and oxygen atoms in total. The van der Waals surface area contributed by atoms with Crippen molar-refractivity contribution in [3.8, 4) is 5.75 Å². The summed E-state index contributed by atoms with van der Waals surface area (Å²) >= 11 is 3.35. The number of hydrogen-bond donors (Lipinski definition) is 1. The summed E-state index contributed by atoms with van der Waals surface area (Å²) in [5, 5.41) is 9.74. The normalized spacial score (nSPS) is 23.7. The van der Waals surface area contributed by atoms with Crippen molar-refractivity contribution in [2.75, 3.05) is 0 Å². The number of halogens is 1. The van der Waals surface area contributed by atoms with Crippen molar-refractivity contribution in [1.29, 1.82) is 0 Å². The van der Waals surface area contributed by atoms with Gasteiger partial charge in [-0.05, 0) is 43.9 Å². The Morgan fingerprint density at radius 1 is 1.47 bits per heavy atom. The molecule has 1 N–H and O–H groups in total. The monoisotopic (exact) mass is 298 g/mol. The first-order chi connectivity index (χ1) is 8.11. The second-order valence-electron chi connectivity index (χ2n) is 4.41. The van der Waals surface area contributed by atoms with Crippen LogP contribution in [0.4, 0.5) is 0 Å². The molecule has 1 aliphatic carbocycles. The summed E-state index contributed by atoms with van der Waals surface area (Å²) in [7, 11) is 0. The molecule has 0 radical (unpaired) electrons. The highest BCUT2D eigenvalue weighted by Crippen LogP contribution is 2.31. The Morgan fingerprint density at radius 2 is 2.24 bits per heavy atom. The zero-order valence-electron chi connectivity index (χ0n) is 9.65. The molecule has 0 spiro atoms. The molecule has 1 saturated carbocycles. The Bertz CT molecular complexity index is 431. The van der Waals surface area contributed by atoms with Crippen molar-refractivity contribution in [2.24, 2.45) is 0 Å². The molecule has 1 aromatic carbocycles. The van der Waals surface area contributed by atoms with Crippen molar-refractivity contribution < 1.29 is 14.6 Å². The van der Waals surface area contributed by atoms with Gasteiger partial charge >= 0.3 is 0 Å². The number of aliphatic hydroxyl groups is 1. The molecule has 0 saturated heterocycles. The molecule has 1 aliphatic rings. The minimum atomic E-state index is -0.419. The molecular weight excluding hydrogens is 284 g/mol. The fraction of sp³-hybridized carbons (Fsp3) is 0.462. The molecule has 0 aromatic heterocycles. The van der Waals surface area contributed by atoms with E-state index in [1.54, 1.807) is 6.07 Å². The molecule has 2 unspecified atom stereocenters. The molecule has 1 fully saturated rings. The SMILES string of the molecule is Cc1cc(Br)cc(C=O)c1OC1CCCC1O. The lowest BCUT2D eigenvalue weighted by Crippen LogP contribution is -2.26. The van der Waals surface area contributed by atoms with Gasteiger partial charge in [0.1, 0.15) is 11.9 Å². The lowest BCUT2D eigenvalue weighted by molar-refractivity contribution is 0.0592. The first-order valence-electron chi connectivity index (χ1n) is 5.72. The predicted octanol–water partition coefficient (Wildman–Crippen LogP) is 2.86. The van der Waals surface area contributed by atoms with E-state index in [9.17, 15) is 9.90 Å². The molecular formula is C13H15BrO3. The van der Waals surface area contributed by atoms with E-state index >= 15 is 0 Å². The number of aldehydes is 1. The van der Waals surface area contributed by atoms with Crippen molar-refractivity contribution in [3.63, 3.8) is 0 Å². The fourth-order valence-corrected chi connectivity index (χ4v) is 2.79. The Morgan fingerprint density at radius 3 is 2.82 bits per heavy atom. The highest BCUT2D eigenvalue weighted by molar-refractivity contribution is 9.10. The number of carbonyl (C=O) groups is 1. The van der Waals surface area contributed by atoms with Crippen LogP contribution in [0.1, 0.15) is 35.2 Å². The molecule has 1 aromatic rings.